The van der Waals surface area contributed by atoms with Gasteiger partial charge in [-0.05, 0) is 33.4 Å². The van der Waals surface area contributed by atoms with Crippen LogP contribution in [-0.2, 0) is 7.05 Å². The fraction of sp³-hybridized carbons (Fsp3) is 0.500. The van der Waals surface area contributed by atoms with Crippen LogP contribution in [0.2, 0.25) is 0 Å². The number of aryl methyl sites for hydroxylation is 3. The van der Waals surface area contributed by atoms with Crippen LogP contribution in [0, 0.1) is 20.8 Å². The smallest absolute Gasteiger partial charge is 0.161 e. The van der Waals surface area contributed by atoms with Gasteiger partial charge in [0.1, 0.15) is 17.2 Å². The Hall–Kier alpha value is -1.75. The van der Waals surface area contributed by atoms with E-state index in [0.717, 1.165) is 28.5 Å². The summed E-state index contributed by atoms with van der Waals surface area (Å²) in [5.74, 6) is 2.66. The molecule has 5 nitrogen and oxygen atoms in total. The van der Waals surface area contributed by atoms with E-state index in [4.69, 9.17) is 9.15 Å². The van der Waals surface area contributed by atoms with Gasteiger partial charge >= 0.3 is 0 Å². The quantitative estimate of drug-likeness (QED) is 0.919. The molecule has 1 unspecified atom stereocenters. The van der Waals surface area contributed by atoms with Crippen LogP contribution in [0.5, 0.6) is 5.75 Å². The highest BCUT2D eigenvalue weighted by molar-refractivity contribution is 5.42. The fourth-order valence-electron chi connectivity index (χ4n) is 2.57. The third kappa shape index (κ3) is 2.14. The summed E-state index contributed by atoms with van der Waals surface area (Å²) in [5, 5.41) is 7.60. The van der Waals surface area contributed by atoms with Crippen LogP contribution >= 0.6 is 0 Å². The molecule has 2 aromatic rings. The van der Waals surface area contributed by atoms with Crippen LogP contribution in [-0.4, -0.2) is 23.9 Å². The SMILES string of the molecule is CNC(c1c(C)oc(C)c1C)c1c(OC)cnn1C. The van der Waals surface area contributed by atoms with Crippen molar-refractivity contribution in [2.75, 3.05) is 14.2 Å². The second-order valence-corrected chi connectivity index (χ2v) is 4.70. The standard InChI is InChI=1S/C14H21N3O2/c1-8-9(2)19-10(3)12(8)13(15-4)14-11(18-6)7-16-17(14)5/h7,13,15H,1-6H3. The van der Waals surface area contributed by atoms with Gasteiger partial charge in [0.15, 0.2) is 5.75 Å². The number of hydrogen-bond acceptors (Lipinski definition) is 4. The zero-order valence-electron chi connectivity index (χ0n) is 12.4. The third-order valence-corrected chi connectivity index (χ3v) is 3.64. The van der Waals surface area contributed by atoms with Gasteiger partial charge in [-0.2, -0.15) is 5.10 Å². The molecule has 1 atom stereocenters. The molecule has 0 aliphatic rings. The third-order valence-electron chi connectivity index (χ3n) is 3.64. The molecule has 2 rings (SSSR count). The van der Waals surface area contributed by atoms with Crippen molar-refractivity contribution in [1.82, 2.24) is 15.1 Å². The first-order valence-electron chi connectivity index (χ1n) is 6.30. The lowest BCUT2D eigenvalue weighted by Crippen LogP contribution is -2.22. The monoisotopic (exact) mass is 263 g/mol. The maximum absolute atomic E-state index is 5.73. The van der Waals surface area contributed by atoms with Gasteiger partial charge in [0.05, 0.1) is 19.3 Å². The first-order chi connectivity index (χ1) is 9.01. The Morgan fingerprint density at radius 3 is 2.47 bits per heavy atom. The molecule has 0 aliphatic carbocycles. The number of furan rings is 1. The van der Waals surface area contributed by atoms with Gasteiger partial charge in [0, 0.05) is 12.6 Å². The molecule has 5 heteroatoms. The molecule has 0 bridgehead atoms. The van der Waals surface area contributed by atoms with E-state index in [0.29, 0.717) is 0 Å². The largest absolute Gasteiger partial charge is 0.493 e. The van der Waals surface area contributed by atoms with Crippen molar-refractivity contribution >= 4 is 0 Å². The fourth-order valence-corrected chi connectivity index (χ4v) is 2.57. The summed E-state index contributed by atoms with van der Waals surface area (Å²) in [4.78, 5) is 0. The number of methoxy groups -OCH3 is 1. The van der Waals surface area contributed by atoms with Gasteiger partial charge in [-0.1, -0.05) is 0 Å². The highest BCUT2D eigenvalue weighted by Crippen LogP contribution is 2.34. The van der Waals surface area contributed by atoms with E-state index in [2.05, 4.69) is 17.3 Å². The lowest BCUT2D eigenvalue weighted by atomic mass is 9.99. The lowest BCUT2D eigenvalue weighted by Gasteiger charge is -2.18. The van der Waals surface area contributed by atoms with E-state index in [1.165, 1.54) is 5.56 Å². The van der Waals surface area contributed by atoms with Crippen LogP contribution in [0.3, 0.4) is 0 Å². The first-order valence-corrected chi connectivity index (χ1v) is 6.30. The maximum atomic E-state index is 5.73. The molecular weight excluding hydrogens is 242 g/mol. The van der Waals surface area contributed by atoms with E-state index in [1.807, 2.05) is 32.6 Å². The Morgan fingerprint density at radius 2 is 2.00 bits per heavy atom. The normalized spacial score (nSPS) is 12.7. The molecule has 1 N–H and O–H groups in total. The Kier molecular flexibility index (Phi) is 3.66. The molecule has 0 amide bonds. The van der Waals surface area contributed by atoms with Crippen molar-refractivity contribution < 1.29 is 9.15 Å². The molecule has 104 valence electrons. The summed E-state index contributed by atoms with van der Waals surface area (Å²) in [6, 6.07) is -0.0000926. The van der Waals surface area contributed by atoms with Gasteiger partial charge in [-0.25, -0.2) is 0 Å². The molecule has 2 heterocycles. The van der Waals surface area contributed by atoms with Crippen molar-refractivity contribution in [3.8, 4) is 5.75 Å². The van der Waals surface area contributed by atoms with Crippen molar-refractivity contribution in [1.29, 1.82) is 0 Å². The summed E-state index contributed by atoms with van der Waals surface area (Å²) < 4.78 is 13.0. The molecule has 0 saturated heterocycles. The minimum Gasteiger partial charge on any atom is -0.493 e. The van der Waals surface area contributed by atoms with E-state index in [1.54, 1.807) is 13.3 Å². The number of rotatable bonds is 4. The van der Waals surface area contributed by atoms with Crippen LogP contribution < -0.4 is 10.1 Å². The predicted molar refractivity (Wildman–Crippen MR) is 73.6 cm³/mol. The Labute approximate surface area is 113 Å². The van der Waals surface area contributed by atoms with Crippen LogP contribution in [0.25, 0.3) is 0 Å². The minimum absolute atomic E-state index is 0.0000926. The molecular formula is C14H21N3O2. The van der Waals surface area contributed by atoms with Crippen molar-refractivity contribution in [3.05, 3.63) is 34.5 Å². The highest BCUT2D eigenvalue weighted by atomic mass is 16.5. The number of nitrogens with zero attached hydrogens (tertiary/aromatic N) is 2. The zero-order chi connectivity index (χ0) is 14.2. The maximum Gasteiger partial charge on any atom is 0.161 e. The van der Waals surface area contributed by atoms with Crippen molar-refractivity contribution in [3.63, 3.8) is 0 Å². The molecule has 0 aliphatic heterocycles. The summed E-state index contributed by atoms with van der Waals surface area (Å²) in [7, 11) is 5.51. The predicted octanol–water partition coefficient (Wildman–Crippen LogP) is 2.26. The number of ether oxygens (including phenoxy) is 1. The minimum atomic E-state index is -0.0000926. The molecule has 0 spiro atoms. The summed E-state index contributed by atoms with van der Waals surface area (Å²) in [6.07, 6.45) is 1.73. The summed E-state index contributed by atoms with van der Waals surface area (Å²) in [6.45, 7) is 6.05. The molecule has 2 aromatic heterocycles. The van der Waals surface area contributed by atoms with Gasteiger partial charge in [0.25, 0.3) is 0 Å². The second kappa shape index (κ2) is 5.09. The Morgan fingerprint density at radius 1 is 1.32 bits per heavy atom. The van der Waals surface area contributed by atoms with Gasteiger partial charge in [0.2, 0.25) is 0 Å². The number of hydrogen-bond donors (Lipinski definition) is 1. The topological polar surface area (TPSA) is 52.2 Å². The van der Waals surface area contributed by atoms with Gasteiger partial charge < -0.3 is 14.5 Å². The van der Waals surface area contributed by atoms with Crippen molar-refractivity contribution in [2.24, 2.45) is 7.05 Å². The van der Waals surface area contributed by atoms with Gasteiger partial charge in [-0.3, -0.25) is 4.68 Å². The zero-order valence-corrected chi connectivity index (χ0v) is 12.4. The Bertz CT molecular complexity index is 584. The van der Waals surface area contributed by atoms with E-state index >= 15 is 0 Å². The van der Waals surface area contributed by atoms with Crippen LogP contribution in [0.1, 0.15) is 34.4 Å². The lowest BCUT2D eigenvalue weighted by molar-refractivity contribution is 0.402. The average molecular weight is 263 g/mol. The van der Waals surface area contributed by atoms with Crippen LogP contribution in [0.4, 0.5) is 0 Å². The summed E-state index contributed by atoms with van der Waals surface area (Å²) in [5.41, 5.74) is 3.32. The van der Waals surface area contributed by atoms with Crippen molar-refractivity contribution in [2.45, 2.75) is 26.8 Å². The van der Waals surface area contributed by atoms with E-state index < -0.39 is 0 Å². The number of aromatic nitrogens is 2. The Balaban J connectivity index is 2.59. The summed E-state index contributed by atoms with van der Waals surface area (Å²) >= 11 is 0. The molecule has 0 aromatic carbocycles. The molecule has 19 heavy (non-hydrogen) atoms. The number of nitrogens with one attached hydrogen (secondary N) is 1. The van der Waals surface area contributed by atoms with E-state index in [-0.39, 0.29) is 6.04 Å². The molecule has 0 saturated carbocycles. The van der Waals surface area contributed by atoms with E-state index in [9.17, 15) is 0 Å². The highest BCUT2D eigenvalue weighted by Gasteiger charge is 2.26. The molecule has 0 fully saturated rings. The molecule has 0 radical (unpaired) electrons. The van der Waals surface area contributed by atoms with Crippen LogP contribution in [0.15, 0.2) is 10.6 Å². The first kappa shape index (κ1) is 13.7. The second-order valence-electron chi connectivity index (χ2n) is 4.70. The van der Waals surface area contributed by atoms with Gasteiger partial charge in [-0.15, -0.1) is 0 Å². The average Bonchev–Trinajstić information content (AvgIpc) is 2.86.